The molecule has 0 aliphatic heterocycles. The number of hydrogen-bond acceptors (Lipinski definition) is 2. The fourth-order valence-electron chi connectivity index (χ4n) is 10.9. The van der Waals surface area contributed by atoms with Gasteiger partial charge in [0.05, 0.1) is 0 Å². The summed E-state index contributed by atoms with van der Waals surface area (Å²) in [4.78, 5) is 11.9. The van der Waals surface area contributed by atoms with Gasteiger partial charge in [0.1, 0.15) is 6.10 Å². The molecule has 35 heavy (non-hydrogen) atoms. The molecule has 4 fully saturated rings. The minimum absolute atomic E-state index is 0.0408. The van der Waals surface area contributed by atoms with E-state index in [0.717, 1.165) is 25.2 Å². The third-order valence-electron chi connectivity index (χ3n) is 13.0. The lowest BCUT2D eigenvalue weighted by Crippen LogP contribution is -2.65. The van der Waals surface area contributed by atoms with Crippen LogP contribution in [0.2, 0.25) is 0 Å². The molecule has 8 atom stereocenters. The summed E-state index contributed by atoms with van der Waals surface area (Å²) in [5.74, 6) is 1.92. The number of allylic oxidation sites excluding steroid dienone is 3. The summed E-state index contributed by atoms with van der Waals surface area (Å²) in [7, 11) is 0. The summed E-state index contributed by atoms with van der Waals surface area (Å²) < 4.78 is 5.90. The highest BCUT2D eigenvalue weighted by Crippen LogP contribution is 2.79. The van der Waals surface area contributed by atoms with Crippen LogP contribution in [0.5, 0.6) is 0 Å². The van der Waals surface area contributed by atoms with Gasteiger partial charge in [0.2, 0.25) is 0 Å². The number of rotatable bonds is 5. The molecule has 4 aliphatic carbocycles. The van der Waals surface area contributed by atoms with Crippen LogP contribution in [0, 0.1) is 44.8 Å². The van der Waals surface area contributed by atoms with E-state index in [2.05, 4.69) is 68.0 Å². The molecule has 0 bridgehead atoms. The van der Waals surface area contributed by atoms with E-state index in [1.54, 1.807) is 6.92 Å². The average molecular weight is 483 g/mol. The summed E-state index contributed by atoms with van der Waals surface area (Å²) in [5, 5.41) is 0. The van der Waals surface area contributed by atoms with Crippen molar-refractivity contribution in [1.29, 1.82) is 0 Å². The molecule has 4 saturated carbocycles. The van der Waals surface area contributed by atoms with Gasteiger partial charge in [-0.2, -0.15) is 0 Å². The Morgan fingerprint density at radius 2 is 1.49 bits per heavy atom. The van der Waals surface area contributed by atoms with Gasteiger partial charge in [0.15, 0.2) is 0 Å². The second-order valence-electron chi connectivity index (χ2n) is 14.9. The average Bonchev–Trinajstić information content (AvgIpc) is 3.02. The van der Waals surface area contributed by atoms with E-state index in [9.17, 15) is 4.79 Å². The Hall–Kier alpha value is -1.05. The third kappa shape index (κ3) is 3.82. The Morgan fingerprint density at radius 1 is 0.857 bits per heavy atom. The van der Waals surface area contributed by atoms with Crippen LogP contribution in [0.4, 0.5) is 0 Å². The van der Waals surface area contributed by atoms with Gasteiger partial charge >= 0.3 is 5.97 Å². The molecular weight excluding hydrogens is 428 g/mol. The van der Waals surface area contributed by atoms with E-state index < -0.39 is 0 Å². The van der Waals surface area contributed by atoms with Crippen molar-refractivity contribution >= 4 is 5.97 Å². The molecule has 0 N–H and O–H groups in total. The lowest BCUT2D eigenvalue weighted by Gasteiger charge is -2.72. The van der Waals surface area contributed by atoms with Crippen LogP contribution in [0.25, 0.3) is 0 Å². The SMILES string of the molecule is C=C(CCC=C(C)C)[C@H]1CC[C@]2(C)[C@]1(C)CC[C@H]1[C@@]3(C)CC[C@H](OC(C)=O)C(C)(C)[C@H]3CC[C@]12C. The van der Waals surface area contributed by atoms with E-state index >= 15 is 0 Å². The van der Waals surface area contributed by atoms with Crippen molar-refractivity contribution in [2.75, 3.05) is 0 Å². The lowest BCUT2D eigenvalue weighted by atomic mass is 9.33. The summed E-state index contributed by atoms with van der Waals surface area (Å²) in [6, 6.07) is 0. The quantitative estimate of drug-likeness (QED) is 0.288. The molecule has 4 aliphatic rings. The number of carbonyl (C=O) groups is 1. The van der Waals surface area contributed by atoms with Gasteiger partial charge < -0.3 is 4.74 Å². The van der Waals surface area contributed by atoms with Crippen molar-refractivity contribution in [3.8, 4) is 0 Å². The number of ether oxygens (including phenoxy) is 1. The number of esters is 1. The zero-order valence-corrected chi connectivity index (χ0v) is 24.5. The molecule has 4 rings (SSSR count). The van der Waals surface area contributed by atoms with Gasteiger partial charge in [0.25, 0.3) is 0 Å². The van der Waals surface area contributed by atoms with Crippen LogP contribution >= 0.6 is 0 Å². The molecule has 198 valence electrons. The minimum Gasteiger partial charge on any atom is -0.462 e. The van der Waals surface area contributed by atoms with Crippen LogP contribution in [0.15, 0.2) is 23.8 Å². The van der Waals surface area contributed by atoms with E-state index in [0.29, 0.717) is 33.5 Å². The number of hydrogen-bond donors (Lipinski definition) is 0. The first kappa shape index (κ1) is 27.0. The van der Waals surface area contributed by atoms with Crippen molar-refractivity contribution in [2.45, 2.75) is 133 Å². The smallest absolute Gasteiger partial charge is 0.302 e. The molecule has 0 unspecified atom stereocenters. The maximum absolute atomic E-state index is 11.9. The molecular formula is C33H54O2. The van der Waals surface area contributed by atoms with Gasteiger partial charge in [-0.25, -0.2) is 0 Å². The third-order valence-corrected chi connectivity index (χ3v) is 13.0. The van der Waals surface area contributed by atoms with Crippen molar-refractivity contribution in [1.82, 2.24) is 0 Å². The van der Waals surface area contributed by atoms with Crippen LogP contribution in [-0.4, -0.2) is 12.1 Å². The maximum atomic E-state index is 11.9. The van der Waals surface area contributed by atoms with Crippen LogP contribution in [0.1, 0.15) is 127 Å². The largest absolute Gasteiger partial charge is 0.462 e. The standard InChI is InChI=1S/C33H54O2/c1-22(2)12-11-13-23(3)25-14-21-33(10)31(25,8)19-16-27-30(7)18-17-28(35-24(4)34)29(5,6)26(30)15-20-32(27,33)9/h12,25-28H,3,11,13-21H2,1-2,4-10H3/t25-,26-,27+,28+,30+,31-,32-,33-/m1/s1. The van der Waals surface area contributed by atoms with Crippen LogP contribution in [0.3, 0.4) is 0 Å². The Balaban J connectivity index is 1.62. The summed E-state index contributed by atoms with van der Waals surface area (Å²) >= 11 is 0. The molecule has 0 aromatic carbocycles. The summed E-state index contributed by atoms with van der Waals surface area (Å²) in [6.45, 7) is 26.1. The highest BCUT2D eigenvalue weighted by molar-refractivity contribution is 5.66. The second kappa shape index (κ2) is 8.76. The Morgan fingerprint density at radius 3 is 2.11 bits per heavy atom. The monoisotopic (exact) mass is 482 g/mol. The van der Waals surface area contributed by atoms with E-state index in [1.165, 1.54) is 56.1 Å². The normalized spacial score (nSPS) is 46.1. The van der Waals surface area contributed by atoms with E-state index in [-0.39, 0.29) is 17.5 Å². The summed E-state index contributed by atoms with van der Waals surface area (Å²) in [5.41, 5.74) is 4.38. The first-order valence-corrected chi connectivity index (χ1v) is 14.6. The fraction of sp³-hybridized carbons (Fsp3) is 0.848. The zero-order chi connectivity index (χ0) is 26.0. The number of carbonyl (C=O) groups excluding carboxylic acids is 1. The highest BCUT2D eigenvalue weighted by Gasteiger charge is 2.71. The molecule has 0 amide bonds. The predicted octanol–water partition coefficient (Wildman–Crippen LogP) is 9.30. The van der Waals surface area contributed by atoms with Crippen LogP contribution in [-0.2, 0) is 9.53 Å². The van der Waals surface area contributed by atoms with Crippen molar-refractivity contribution in [3.05, 3.63) is 23.8 Å². The van der Waals surface area contributed by atoms with Crippen molar-refractivity contribution in [3.63, 3.8) is 0 Å². The lowest BCUT2D eigenvalue weighted by molar-refractivity contribution is -0.241. The molecule has 0 aromatic heterocycles. The molecule has 0 spiro atoms. The fourth-order valence-corrected chi connectivity index (χ4v) is 10.9. The van der Waals surface area contributed by atoms with Crippen molar-refractivity contribution in [2.24, 2.45) is 44.8 Å². The van der Waals surface area contributed by atoms with Gasteiger partial charge in [-0.15, -0.1) is 0 Å². The Kier molecular flexibility index (Phi) is 6.76. The Labute approximate surface area is 216 Å². The second-order valence-corrected chi connectivity index (χ2v) is 14.9. The topological polar surface area (TPSA) is 26.3 Å². The van der Waals surface area contributed by atoms with Gasteiger partial charge in [-0.05, 0) is 117 Å². The minimum atomic E-state index is -0.116. The first-order chi connectivity index (χ1) is 16.1. The molecule has 2 nitrogen and oxygen atoms in total. The van der Waals surface area contributed by atoms with E-state index in [1.807, 2.05) is 0 Å². The molecule has 0 aromatic rings. The molecule has 0 heterocycles. The molecule has 2 heteroatoms. The predicted molar refractivity (Wildman–Crippen MR) is 147 cm³/mol. The molecule has 0 radical (unpaired) electrons. The van der Waals surface area contributed by atoms with E-state index in [4.69, 9.17) is 4.74 Å². The highest BCUT2D eigenvalue weighted by atomic mass is 16.5. The zero-order valence-electron chi connectivity index (χ0n) is 24.5. The maximum Gasteiger partial charge on any atom is 0.302 e. The summed E-state index contributed by atoms with van der Waals surface area (Å²) in [6.07, 6.45) is 14.9. The van der Waals surface area contributed by atoms with Gasteiger partial charge in [0, 0.05) is 12.3 Å². The van der Waals surface area contributed by atoms with Crippen LogP contribution < -0.4 is 0 Å². The first-order valence-electron chi connectivity index (χ1n) is 14.6. The number of fused-ring (bicyclic) bond motifs is 5. The van der Waals surface area contributed by atoms with Gasteiger partial charge in [-0.1, -0.05) is 65.3 Å². The van der Waals surface area contributed by atoms with Gasteiger partial charge in [-0.3, -0.25) is 4.79 Å². The molecule has 0 saturated heterocycles. The van der Waals surface area contributed by atoms with Crippen molar-refractivity contribution < 1.29 is 9.53 Å². The Bertz CT molecular complexity index is 893.